The number of aliphatic hydroxyl groups excluding tert-OH is 1. The summed E-state index contributed by atoms with van der Waals surface area (Å²) in [6.07, 6.45) is 2.46. The Morgan fingerprint density at radius 1 is 1.04 bits per heavy atom. The van der Waals surface area contributed by atoms with Gasteiger partial charge in [-0.15, -0.1) is 0 Å². The number of aryl methyl sites for hydroxylation is 1. The molecule has 1 N–H and O–H groups in total. The van der Waals surface area contributed by atoms with Crippen LogP contribution in [-0.4, -0.2) is 20.4 Å². The van der Waals surface area contributed by atoms with Crippen LogP contribution in [-0.2, 0) is 0 Å². The standard InChI is InChI=1S/C22H18N2O2/c1-15-13-18-11-12-23-14-20(18)24(15)19-9-7-17(8-10-19)22(26)21(25)16-5-3-2-4-6-16/h2-14,21,25H,1H3. The molecule has 0 amide bonds. The summed E-state index contributed by atoms with van der Waals surface area (Å²) in [6, 6.07) is 20.4. The first-order chi connectivity index (χ1) is 12.6. The van der Waals surface area contributed by atoms with Gasteiger partial charge in [-0.2, -0.15) is 0 Å². The summed E-state index contributed by atoms with van der Waals surface area (Å²) >= 11 is 0. The van der Waals surface area contributed by atoms with Gasteiger partial charge in [0.1, 0.15) is 6.10 Å². The molecule has 0 bridgehead atoms. The van der Waals surface area contributed by atoms with Crippen LogP contribution >= 0.6 is 0 Å². The Hall–Kier alpha value is -3.24. The second kappa shape index (κ2) is 6.58. The van der Waals surface area contributed by atoms with Crippen molar-refractivity contribution >= 4 is 16.7 Å². The molecule has 1 atom stereocenters. The average molecular weight is 342 g/mol. The van der Waals surface area contributed by atoms with Gasteiger partial charge in [0.25, 0.3) is 0 Å². The number of pyridine rings is 1. The monoisotopic (exact) mass is 342 g/mol. The van der Waals surface area contributed by atoms with Crippen molar-refractivity contribution in [2.45, 2.75) is 13.0 Å². The minimum absolute atomic E-state index is 0.307. The smallest absolute Gasteiger partial charge is 0.195 e. The lowest BCUT2D eigenvalue weighted by Gasteiger charge is -2.12. The van der Waals surface area contributed by atoms with Crippen LogP contribution in [0, 0.1) is 6.92 Å². The van der Waals surface area contributed by atoms with E-state index in [9.17, 15) is 9.90 Å². The van der Waals surface area contributed by atoms with Gasteiger partial charge in [-0.05, 0) is 48.9 Å². The summed E-state index contributed by atoms with van der Waals surface area (Å²) in [5, 5.41) is 11.4. The van der Waals surface area contributed by atoms with Gasteiger partial charge in [-0.1, -0.05) is 30.3 Å². The molecule has 0 aliphatic rings. The van der Waals surface area contributed by atoms with Crippen LogP contribution in [0.25, 0.3) is 16.6 Å². The van der Waals surface area contributed by atoms with E-state index in [1.54, 1.807) is 30.5 Å². The molecule has 1 unspecified atom stereocenters. The molecule has 0 saturated heterocycles. The molecule has 26 heavy (non-hydrogen) atoms. The minimum Gasteiger partial charge on any atom is -0.380 e. The van der Waals surface area contributed by atoms with Gasteiger partial charge in [0.05, 0.1) is 11.7 Å². The first kappa shape index (κ1) is 16.2. The van der Waals surface area contributed by atoms with E-state index in [0.29, 0.717) is 11.1 Å². The van der Waals surface area contributed by atoms with Gasteiger partial charge in [-0.3, -0.25) is 9.78 Å². The minimum atomic E-state index is -1.15. The first-order valence-electron chi connectivity index (χ1n) is 8.45. The number of fused-ring (bicyclic) bond motifs is 1. The number of carbonyl (C=O) groups excluding carboxylic acids is 1. The normalized spacial score (nSPS) is 12.2. The predicted molar refractivity (Wildman–Crippen MR) is 102 cm³/mol. The molecule has 4 aromatic rings. The molecular weight excluding hydrogens is 324 g/mol. The summed E-state index contributed by atoms with van der Waals surface area (Å²) < 4.78 is 2.10. The molecule has 0 radical (unpaired) electrons. The molecule has 4 heteroatoms. The number of hydrogen-bond donors (Lipinski definition) is 1. The van der Waals surface area contributed by atoms with Crippen molar-refractivity contribution in [3.8, 4) is 5.69 Å². The fourth-order valence-electron chi connectivity index (χ4n) is 3.25. The quantitative estimate of drug-likeness (QED) is 0.564. The number of benzene rings is 2. The topological polar surface area (TPSA) is 55.1 Å². The number of aliphatic hydroxyl groups is 1. The summed E-state index contributed by atoms with van der Waals surface area (Å²) in [5.74, 6) is -0.307. The first-order valence-corrected chi connectivity index (χ1v) is 8.45. The third kappa shape index (κ3) is 2.80. The zero-order valence-electron chi connectivity index (χ0n) is 14.3. The van der Waals surface area contributed by atoms with Crippen molar-refractivity contribution in [3.05, 3.63) is 95.9 Å². The van der Waals surface area contributed by atoms with E-state index in [4.69, 9.17) is 0 Å². The lowest BCUT2D eigenvalue weighted by atomic mass is 10.00. The second-order valence-electron chi connectivity index (χ2n) is 6.28. The molecule has 0 saturated carbocycles. The van der Waals surface area contributed by atoms with E-state index in [1.807, 2.05) is 49.5 Å². The molecule has 0 aliphatic carbocycles. The molecule has 0 fully saturated rings. The van der Waals surface area contributed by atoms with Crippen molar-refractivity contribution in [2.75, 3.05) is 0 Å². The van der Waals surface area contributed by atoms with Crippen molar-refractivity contribution in [1.82, 2.24) is 9.55 Å². The summed E-state index contributed by atoms with van der Waals surface area (Å²) in [7, 11) is 0. The van der Waals surface area contributed by atoms with E-state index < -0.39 is 6.10 Å². The summed E-state index contributed by atoms with van der Waals surface area (Å²) in [5.41, 5.74) is 4.15. The zero-order valence-corrected chi connectivity index (χ0v) is 14.3. The van der Waals surface area contributed by atoms with E-state index >= 15 is 0 Å². The van der Waals surface area contributed by atoms with Crippen LogP contribution in [0.5, 0.6) is 0 Å². The van der Waals surface area contributed by atoms with Gasteiger partial charge in [0.2, 0.25) is 0 Å². The highest BCUT2D eigenvalue weighted by molar-refractivity contribution is 6.00. The third-order valence-electron chi connectivity index (χ3n) is 4.56. The number of ketones is 1. The molecule has 0 spiro atoms. The highest BCUT2D eigenvalue weighted by Crippen LogP contribution is 2.24. The van der Waals surface area contributed by atoms with E-state index in [1.165, 1.54) is 0 Å². The number of rotatable bonds is 4. The molecule has 4 rings (SSSR count). The third-order valence-corrected chi connectivity index (χ3v) is 4.56. The predicted octanol–water partition coefficient (Wildman–Crippen LogP) is 4.25. The van der Waals surface area contributed by atoms with Gasteiger partial charge in [0, 0.05) is 28.5 Å². The van der Waals surface area contributed by atoms with Gasteiger partial charge in [0.15, 0.2) is 5.78 Å². The zero-order chi connectivity index (χ0) is 18.1. The molecule has 2 aromatic heterocycles. The Balaban J connectivity index is 1.66. The van der Waals surface area contributed by atoms with Gasteiger partial charge < -0.3 is 9.67 Å². The van der Waals surface area contributed by atoms with E-state index in [-0.39, 0.29) is 5.78 Å². The number of carbonyl (C=O) groups is 1. The Labute approximate surface area is 151 Å². The maximum Gasteiger partial charge on any atom is 0.195 e. The molecule has 2 aromatic carbocycles. The van der Waals surface area contributed by atoms with Crippen molar-refractivity contribution < 1.29 is 9.90 Å². The highest BCUT2D eigenvalue weighted by atomic mass is 16.3. The van der Waals surface area contributed by atoms with Crippen LogP contribution in [0.15, 0.2) is 79.1 Å². The largest absolute Gasteiger partial charge is 0.380 e. The van der Waals surface area contributed by atoms with Crippen molar-refractivity contribution in [1.29, 1.82) is 0 Å². The van der Waals surface area contributed by atoms with Crippen LogP contribution in [0.4, 0.5) is 0 Å². The fraction of sp³-hybridized carbons (Fsp3) is 0.0909. The van der Waals surface area contributed by atoms with Crippen LogP contribution < -0.4 is 0 Å². The molecule has 128 valence electrons. The number of Topliss-reactive ketones (excluding diaryl/α,β-unsaturated/α-hetero) is 1. The van der Waals surface area contributed by atoms with Crippen LogP contribution in [0.1, 0.15) is 27.7 Å². The van der Waals surface area contributed by atoms with Gasteiger partial charge in [-0.25, -0.2) is 0 Å². The lowest BCUT2D eigenvalue weighted by molar-refractivity contribution is 0.0747. The highest BCUT2D eigenvalue weighted by Gasteiger charge is 2.19. The number of aromatic nitrogens is 2. The second-order valence-corrected chi connectivity index (χ2v) is 6.28. The molecule has 4 nitrogen and oxygen atoms in total. The Morgan fingerprint density at radius 2 is 1.77 bits per heavy atom. The maximum atomic E-state index is 12.6. The maximum absolute atomic E-state index is 12.6. The molecule has 2 heterocycles. The number of nitrogens with zero attached hydrogens (tertiary/aromatic N) is 2. The Bertz CT molecular complexity index is 1070. The Kier molecular flexibility index (Phi) is 4.11. The van der Waals surface area contributed by atoms with E-state index in [2.05, 4.69) is 15.6 Å². The molecular formula is C22H18N2O2. The van der Waals surface area contributed by atoms with E-state index in [0.717, 1.165) is 22.3 Å². The number of hydrogen-bond acceptors (Lipinski definition) is 3. The van der Waals surface area contributed by atoms with Crippen molar-refractivity contribution in [2.24, 2.45) is 0 Å². The van der Waals surface area contributed by atoms with Crippen LogP contribution in [0.3, 0.4) is 0 Å². The lowest BCUT2D eigenvalue weighted by Crippen LogP contribution is -2.12. The fourth-order valence-corrected chi connectivity index (χ4v) is 3.25. The SMILES string of the molecule is Cc1cc2ccncc2n1-c1ccc(C(=O)C(O)c2ccccc2)cc1. The summed E-state index contributed by atoms with van der Waals surface area (Å²) in [4.78, 5) is 16.8. The summed E-state index contributed by atoms with van der Waals surface area (Å²) in [6.45, 7) is 2.04. The molecule has 0 aliphatic heterocycles. The Morgan fingerprint density at radius 3 is 2.50 bits per heavy atom. The van der Waals surface area contributed by atoms with Gasteiger partial charge >= 0.3 is 0 Å². The van der Waals surface area contributed by atoms with Crippen molar-refractivity contribution in [3.63, 3.8) is 0 Å². The average Bonchev–Trinajstić information content (AvgIpc) is 3.03. The van der Waals surface area contributed by atoms with Crippen LogP contribution in [0.2, 0.25) is 0 Å².